The normalized spacial score (nSPS) is 19.6. The summed E-state index contributed by atoms with van der Waals surface area (Å²) in [4.78, 5) is 29.1. The summed E-state index contributed by atoms with van der Waals surface area (Å²) in [5, 5.41) is 8.20. The van der Waals surface area contributed by atoms with E-state index in [1.165, 1.54) is 0 Å². The molecule has 10 heteroatoms. The van der Waals surface area contributed by atoms with E-state index < -0.39 is 0 Å². The van der Waals surface area contributed by atoms with Gasteiger partial charge in [-0.2, -0.15) is 5.10 Å². The summed E-state index contributed by atoms with van der Waals surface area (Å²) in [6, 6.07) is 13.7. The van der Waals surface area contributed by atoms with Crippen molar-refractivity contribution in [1.29, 1.82) is 0 Å². The number of aromatic nitrogens is 5. The first kappa shape index (κ1) is 23.5. The first-order chi connectivity index (χ1) is 18.0. The van der Waals surface area contributed by atoms with Gasteiger partial charge < -0.3 is 19.7 Å². The van der Waals surface area contributed by atoms with Crippen LogP contribution in [0.4, 0.5) is 11.6 Å². The van der Waals surface area contributed by atoms with Gasteiger partial charge in [0.25, 0.3) is 0 Å². The third kappa shape index (κ3) is 5.16. The lowest BCUT2D eigenvalue weighted by Gasteiger charge is -2.36. The van der Waals surface area contributed by atoms with E-state index in [-0.39, 0.29) is 24.5 Å². The lowest BCUT2D eigenvalue weighted by molar-refractivity contribution is -0.115. The van der Waals surface area contributed by atoms with Crippen LogP contribution in [0.2, 0.25) is 0 Å². The Labute approximate surface area is 214 Å². The van der Waals surface area contributed by atoms with Crippen LogP contribution >= 0.6 is 0 Å². The van der Waals surface area contributed by atoms with Crippen molar-refractivity contribution in [2.24, 2.45) is 0 Å². The molecule has 6 heterocycles. The Hall–Kier alpha value is -3.89. The fourth-order valence-electron chi connectivity index (χ4n) is 4.91. The average Bonchev–Trinajstić information content (AvgIpc) is 3.30. The highest BCUT2D eigenvalue weighted by Gasteiger charge is 2.23. The lowest BCUT2D eigenvalue weighted by atomic mass is 10.1. The zero-order valence-electron chi connectivity index (χ0n) is 20.9. The molecule has 1 fully saturated rings. The lowest BCUT2D eigenvalue weighted by Crippen LogP contribution is -2.45. The Morgan fingerprint density at radius 3 is 2.76 bits per heavy atom. The minimum atomic E-state index is -0.178. The highest BCUT2D eigenvalue weighted by Crippen LogP contribution is 2.24. The summed E-state index contributed by atoms with van der Waals surface area (Å²) < 4.78 is 13.2. The number of anilines is 2. The monoisotopic (exact) mass is 499 g/mol. The summed E-state index contributed by atoms with van der Waals surface area (Å²) in [6.07, 6.45) is 2.19. The number of hydrogen-bond acceptors (Lipinski definition) is 8. The number of carbonyl (C=O) groups excluding carboxylic acids is 1. The van der Waals surface area contributed by atoms with E-state index >= 15 is 0 Å². The molecule has 0 spiro atoms. The average molecular weight is 500 g/mol. The third-order valence-electron chi connectivity index (χ3n) is 6.54. The van der Waals surface area contributed by atoms with Crippen LogP contribution in [0.5, 0.6) is 0 Å². The number of pyridine rings is 3. The van der Waals surface area contributed by atoms with Gasteiger partial charge in [-0.15, -0.1) is 0 Å². The molecule has 0 aromatic carbocycles. The molecule has 0 bridgehead atoms. The molecule has 1 amide bonds. The Morgan fingerprint density at radius 1 is 1.08 bits per heavy atom. The molecule has 0 unspecified atom stereocenters. The number of nitrogens with zero attached hydrogens (tertiary/aromatic N) is 6. The standard InChI is InChI=1S/C27H29N7O3/c1-17-14-33(15-18(2)37-17)26-5-3-4-22(30-26)23-7-6-19-13-28-20(10-24(19)29-23)11-27(35)31-25-12-21-16-36-9-8-34(21)32-25/h3-7,10,12-13,17-18H,8-9,11,14-16H2,1-2H3,(H,31,32,35)/t17-,18+. The maximum Gasteiger partial charge on any atom is 0.231 e. The van der Waals surface area contributed by atoms with E-state index in [2.05, 4.69) is 34.1 Å². The first-order valence-corrected chi connectivity index (χ1v) is 12.6. The highest BCUT2D eigenvalue weighted by atomic mass is 16.5. The fraction of sp³-hybridized carbons (Fsp3) is 0.370. The topological polar surface area (TPSA) is 107 Å². The number of hydrogen-bond donors (Lipinski definition) is 1. The zero-order chi connectivity index (χ0) is 25.4. The molecule has 4 aromatic rings. The highest BCUT2D eigenvalue weighted by molar-refractivity contribution is 5.92. The van der Waals surface area contributed by atoms with E-state index in [9.17, 15) is 4.79 Å². The van der Waals surface area contributed by atoms with Gasteiger partial charge >= 0.3 is 0 Å². The van der Waals surface area contributed by atoms with Crippen molar-refractivity contribution in [2.75, 3.05) is 29.9 Å². The minimum absolute atomic E-state index is 0.127. The van der Waals surface area contributed by atoms with Crippen LogP contribution in [0.25, 0.3) is 22.3 Å². The van der Waals surface area contributed by atoms with Crippen LogP contribution in [0.15, 0.2) is 48.7 Å². The van der Waals surface area contributed by atoms with E-state index in [4.69, 9.17) is 19.4 Å². The number of fused-ring (bicyclic) bond motifs is 2. The van der Waals surface area contributed by atoms with Crippen LogP contribution in [0.3, 0.4) is 0 Å². The minimum Gasteiger partial charge on any atom is -0.373 e. The van der Waals surface area contributed by atoms with Crippen molar-refractivity contribution in [1.82, 2.24) is 24.7 Å². The Kier molecular flexibility index (Phi) is 6.27. The van der Waals surface area contributed by atoms with Crippen molar-refractivity contribution in [3.8, 4) is 11.4 Å². The number of nitrogens with one attached hydrogen (secondary N) is 1. The molecule has 190 valence electrons. The maximum atomic E-state index is 12.7. The van der Waals surface area contributed by atoms with Gasteiger partial charge in [0.1, 0.15) is 5.82 Å². The van der Waals surface area contributed by atoms with Gasteiger partial charge in [0, 0.05) is 30.7 Å². The Morgan fingerprint density at radius 2 is 1.92 bits per heavy atom. The molecular formula is C27H29N7O3. The second-order valence-corrected chi connectivity index (χ2v) is 9.63. The molecule has 2 aliphatic heterocycles. The van der Waals surface area contributed by atoms with E-state index in [1.807, 2.05) is 47.1 Å². The van der Waals surface area contributed by atoms with Gasteiger partial charge in [-0.25, -0.2) is 9.97 Å². The van der Waals surface area contributed by atoms with Crippen molar-refractivity contribution in [3.05, 3.63) is 60.0 Å². The molecule has 2 atom stereocenters. The molecule has 10 nitrogen and oxygen atoms in total. The van der Waals surface area contributed by atoms with Gasteiger partial charge in [-0.1, -0.05) is 6.07 Å². The van der Waals surface area contributed by atoms with Gasteiger partial charge in [0.15, 0.2) is 5.82 Å². The Balaban J connectivity index is 1.19. The summed E-state index contributed by atoms with van der Waals surface area (Å²) in [7, 11) is 0. The molecule has 0 saturated carbocycles. The van der Waals surface area contributed by atoms with Gasteiger partial charge in [0.05, 0.1) is 66.7 Å². The van der Waals surface area contributed by atoms with Crippen LogP contribution < -0.4 is 10.2 Å². The van der Waals surface area contributed by atoms with E-state index in [1.54, 1.807) is 6.20 Å². The molecule has 2 aliphatic rings. The van der Waals surface area contributed by atoms with Gasteiger partial charge in [-0.05, 0) is 44.2 Å². The van der Waals surface area contributed by atoms with Crippen LogP contribution in [-0.4, -0.2) is 62.5 Å². The zero-order valence-corrected chi connectivity index (χ0v) is 20.9. The number of carbonyl (C=O) groups is 1. The van der Waals surface area contributed by atoms with E-state index in [0.29, 0.717) is 31.3 Å². The third-order valence-corrected chi connectivity index (χ3v) is 6.54. The maximum absolute atomic E-state index is 12.7. The van der Waals surface area contributed by atoms with E-state index in [0.717, 1.165) is 46.9 Å². The van der Waals surface area contributed by atoms with Crippen molar-refractivity contribution in [3.63, 3.8) is 0 Å². The molecule has 4 aromatic heterocycles. The summed E-state index contributed by atoms with van der Waals surface area (Å²) in [5.41, 5.74) is 3.94. The van der Waals surface area contributed by atoms with Gasteiger partial charge in [0.2, 0.25) is 5.91 Å². The quantitative estimate of drug-likeness (QED) is 0.446. The largest absolute Gasteiger partial charge is 0.373 e. The van der Waals surface area contributed by atoms with Crippen molar-refractivity contribution < 1.29 is 14.3 Å². The second-order valence-electron chi connectivity index (χ2n) is 9.63. The molecule has 0 aliphatic carbocycles. The van der Waals surface area contributed by atoms with Crippen LogP contribution in [0.1, 0.15) is 25.2 Å². The summed E-state index contributed by atoms with van der Waals surface area (Å²) in [6.45, 7) is 7.60. The molecule has 1 saturated heterocycles. The summed E-state index contributed by atoms with van der Waals surface area (Å²) in [5.74, 6) is 1.27. The number of rotatable bonds is 5. The summed E-state index contributed by atoms with van der Waals surface area (Å²) >= 11 is 0. The van der Waals surface area contributed by atoms with Crippen LogP contribution in [-0.2, 0) is 33.8 Å². The fourth-order valence-corrected chi connectivity index (χ4v) is 4.91. The molecule has 37 heavy (non-hydrogen) atoms. The molecular weight excluding hydrogens is 470 g/mol. The number of ether oxygens (including phenoxy) is 2. The predicted octanol–water partition coefficient (Wildman–Crippen LogP) is 3.21. The molecule has 6 rings (SSSR count). The molecule has 0 radical (unpaired) electrons. The smallest absolute Gasteiger partial charge is 0.231 e. The Bertz CT molecular complexity index is 1420. The second kappa shape index (κ2) is 9.87. The SMILES string of the molecule is C[C@@H]1CN(c2cccc(-c3ccc4cnc(CC(=O)Nc5cc6n(n5)CCOC6)cc4n3)n2)C[C@H](C)O1. The molecule has 1 N–H and O–H groups in total. The number of morpholine rings is 1. The predicted molar refractivity (Wildman–Crippen MR) is 139 cm³/mol. The van der Waals surface area contributed by atoms with Crippen molar-refractivity contribution >= 4 is 28.4 Å². The van der Waals surface area contributed by atoms with Crippen LogP contribution in [0, 0.1) is 0 Å². The van der Waals surface area contributed by atoms with Crippen molar-refractivity contribution in [2.45, 2.75) is 45.6 Å². The number of amides is 1. The first-order valence-electron chi connectivity index (χ1n) is 12.6. The van der Waals surface area contributed by atoms with Gasteiger partial charge in [-0.3, -0.25) is 14.5 Å².